The summed E-state index contributed by atoms with van der Waals surface area (Å²) in [4.78, 5) is 8.65. The van der Waals surface area contributed by atoms with Crippen LogP contribution in [0.15, 0.2) is 18.2 Å². The van der Waals surface area contributed by atoms with Crippen molar-refractivity contribution < 1.29 is 22.7 Å². The zero-order valence-corrected chi connectivity index (χ0v) is 10.6. The van der Waals surface area contributed by atoms with E-state index in [0.717, 1.165) is 0 Å². The molecule has 0 fully saturated rings. The lowest BCUT2D eigenvalue weighted by Gasteiger charge is -2.15. The molecule has 0 radical (unpaired) electrons. The first-order valence-corrected chi connectivity index (χ1v) is 5.72. The number of hydrogen-bond acceptors (Lipinski definition) is 2. The van der Waals surface area contributed by atoms with E-state index in [-0.39, 0.29) is 10.8 Å². The fourth-order valence-corrected chi connectivity index (χ4v) is 1.34. The van der Waals surface area contributed by atoms with Crippen molar-refractivity contribution in [2.24, 2.45) is 0 Å². The highest BCUT2D eigenvalue weighted by Crippen LogP contribution is 2.29. The molecule has 0 heterocycles. The highest BCUT2D eigenvalue weighted by atomic mass is 79.9. The fourth-order valence-electron chi connectivity index (χ4n) is 0.965. The molecule has 0 aromatic heterocycles. The van der Waals surface area contributed by atoms with Crippen molar-refractivity contribution in [3.05, 3.63) is 28.8 Å². The van der Waals surface area contributed by atoms with Crippen molar-refractivity contribution in [3.63, 3.8) is 0 Å². The van der Waals surface area contributed by atoms with E-state index in [1.807, 2.05) is 0 Å². The summed E-state index contributed by atoms with van der Waals surface area (Å²) in [7, 11) is 0. The number of alkyl halides is 4. The summed E-state index contributed by atoms with van der Waals surface area (Å²) in [5.41, 5.74) is 0.327. The average molecular weight is 332 g/mol. The number of carbonyl (C=O) groups excluding carboxylic acids is 1. The third kappa shape index (κ3) is 4.20. The number of halogens is 5. The lowest BCUT2D eigenvalue weighted by Crippen LogP contribution is -2.28. The minimum atomic E-state index is -4.38. The van der Waals surface area contributed by atoms with Crippen LogP contribution in [0.2, 0.25) is 5.02 Å². The van der Waals surface area contributed by atoms with Gasteiger partial charge in [-0.15, -0.1) is 0 Å². The van der Waals surface area contributed by atoms with Gasteiger partial charge >= 0.3 is 6.18 Å². The van der Waals surface area contributed by atoms with Crippen LogP contribution in [0, 0.1) is 0 Å². The zero-order valence-electron chi connectivity index (χ0n) is 8.30. The van der Waals surface area contributed by atoms with Crippen LogP contribution >= 0.6 is 27.5 Å². The summed E-state index contributed by atoms with van der Waals surface area (Å²) in [6.07, 6.45) is -3.80. The average Bonchev–Trinajstić information content (AvgIpc) is 2.25. The number of carbonyl (C=O) groups is 1. The summed E-state index contributed by atoms with van der Waals surface area (Å²) in [5.74, 6) is 0.103. The molecular weight excluding hydrogens is 324 g/mol. The predicted molar refractivity (Wildman–Crippen MR) is 61.1 cm³/mol. The molecule has 0 N–H and O–H groups in total. The Balaban J connectivity index is 2.67. The van der Waals surface area contributed by atoms with Gasteiger partial charge in [0.1, 0.15) is 23.5 Å². The highest BCUT2D eigenvalue weighted by Gasteiger charge is 2.38. The second kappa shape index (κ2) is 5.73. The van der Waals surface area contributed by atoms with Crippen LogP contribution < -0.4 is 4.74 Å². The van der Waals surface area contributed by atoms with Crippen LogP contribution in [0.4, 0.5) is 13.2 Å². The van der Waals surface area contributed by atoms with Gasteiger partial charge < -0.3 is 4.74 Å². The maximum atomic E-state index is 12.2. The van der Waals surface area contributed by atoms with Gasteiger partial charge in [-0.3, -0.25) is 4.79 Å². The van der Waals surface area contributed by atoms with E-state index in [9.17, 15) is 18.0 Å². The molecule has 7 heteroatoms. The molecule has 0 aliphatic carbocycles. The van der Waals surface area contributed by atoms with Crippen molar-refractivity contribution in [1.29, 1.82) is 0 Å². The normalized spacial score (nSPS) is 13.2. The first-order valence-electron chi connectivity index (χ1n) is 4.43. The van der Waals surface area contributed by atoms with Gasteiger partial charge in [-0.25, -0.2) is 0 Å². The van der Waals surface area contributed by atoms with E-state index in [2.05, 4.69) is 15.9 Å². The fraction of sp³-hybridized carbons (Fsp3) is 0.300. The maximum Gasteiger partial charge on any atom is 0.404 e. The van der Waals surface area contributed by atoms with Gasteiger partial charge in [0.05, 0.1) is 5.02 Å². The highest BCUT2D eigenvalue weighted by molar-refractivity contribution is 9.09. The van der Waals surface area contributed by atoms with Crippen LogP contribution in [0.25, 0.3) is 0 Å². The van der Waals surface area contributed by atoms with Crippen molar-refractivity contribution in [2.45, 2.75) is 11.0 Å². The SMILES string of the molecule is O=Cc1ccc(OCC(Br)C(F)(F)F)c(Cl)c1. The second-order valence-electron chi connectivity index (χ2n) is 3.13. The Morgan fingerprint density at radius 2 is 2.12 bits per heavy atom. The second-order valence-corrected chi connectivity index (χ2v) is 4.64. The Morgan fingerprint density at radius 3 is 2.59 bits per heavy atom. The largest absolute Gasteiger partial charge is 0.490 e. The molecule has 2 nitrogen and oxygen atoms in total. The van der Waals surface area contributed by atoms with Gasteiger partial charge in [0, 0.05) is 5.56 Å². The van der Waals surface area contributed by atoms with Crippen LogP contribution in [-0.4, -0.2) is 23.9 Å². The van der Waals surface area contributed by atoms with Crippen molar-refractivity contribution in [3.8, 4) is 5.75 Å². The molecule has 0 saturated carbocycles. The molecule has 0 amide bonds. The molecule has 0 saturated heterocycles. The number of hydrogen-bond donors (Lipinski definition) is 0. The summed E-state index contributed by atoms with van der Waals surface area (Å²) in [5, 5.41) is 0.0940. The summed E-state index contributed by atoms with van der Waals surface area (Å²) >= 11 is 8.18. The van der Waals surface area contributed by atoms with Crippen LogP contribution in [-0.2, 0) is 0 Å². The Labute approximate surface area is 109 Å². The zero-order chi connectivity index (χ0) is 13.1. The molecule has 94 valence electrons. The molecule has 0 aliphatic rings. The third-order valence-electron chi connectivity index (χ3n) is 1.83. The predicted octanol–water partition coefficient (Wildman–Crippen LogP) is 3.86. The van der Waals surface area contributed by atoms with Crippen LogP contribution in [0.5, 0.6) is 5.75 Å². The van der Waals surface area contributed by atoms with Crippen LogP contribution in [0.1, 0.15) is 10.4 Å². The first kappa shape index (κ1) is 14.3. The maximum absolute atomic E-state index is 12.2. The van der Waals surface area contributed by atoms with Crippen molar-refractivity contribution in [1.82, 2.24) is 0 Å². The van der Waals surface area contributed by atoms with Crippen LogP contribution in [0.3, 0.4) is 0 Å². The summed E-state index contributed by atoms with van der Waals surface area (Å²) in [6.45, 7) is -0.594. The van der Waals surface area contributed by atoms with E-state index in [0.29, 0.717) is 11.8 Å². The Hall–Kier alpha value is -0.750. The molecule has 0 aliphatic heterocycles. The lowest BCUT2D eigenvalue weighted by molar-refractivity contribution is -0.132. The van der Waals surface area contributed by atoms with E-state index in [4.69, 9.17) is 16.3 Å². The monoisotopic (exact) mass is 330 g/mol. The Kier molecular flexibility index (Phi) is 4.82. The number of benzene rings is 1. The molecule has 0 bridgehead atoms. The van der Waals surface area contributed by atoms with E-state index in [1.54, 1.807) is 0 Å². The standard InChI is InChI=1S/C10H7BrClF3O2/c11-9(10(13,14)15)5-17-8-2-1-6(4-16)3-7(8)12/h1-4,9H,5H2. The van der Waals surface area contributed by atoms with E-state index in [1.165, 1.54) is 18.2 Å². The minimum Gasteiger partial charge on any atom is -0.490 e. The number of aldehydes is 1. The lowest BCUT2D eigenvalue weighted by atomic mass is 10.2. The molecule has 1 aromatic rings. The van der Waals surface area contributed by atoms with E-state index < -0.39 is 17.6 Å². The van der Waals surface area contributed by atoms with Crippen molar-refractivity contribution in [2.75, 3.05) is 6.61 Å². The van der Waals surface area contributed by atoms with Gasteiger partial charge in [0.15, 0.2) is 0 Å². The van der Waals surface area contributed by atoms with Gasteiger partial charge in [0.2, 0.25) is 0 Å². The smallest absolute Gasteiger partial charge is 0.404 e. The summed E-state index contributed by atoms with van der Waals surface area (Å²) in [6, 6.07) is 4.08. The van der Waals surface area contributed by atoms with Gasteiger partial charge in [0.25, 0.3) is 0 Å². The van der Waals surface area contributed by atoms with Crippen molar-refractivity contribution >= 4 is 33.8 Å². The molecular formula is C10H7BrClF3O2. The Morgan fingerprint density at radius 1 is 1.47 bits per heavy atom. The third-order valence-corrected chi connectivity index (χ3v) is 2.91. The molecule has 1 unspecified atom stereocenters. The molecule has 0 spiro atoms. The quantitative estimate of drug-likeness (QED) is 0.619. The topological polar surface area (TPSA) is 26.3 Å². The molecule has 1 aromatic carbocycles. The minimum absolute atomic E-state index is 0.0940. The van der Waals surface area contributed by atoms with E-state index >= 15 is 0 Å². The molecule has 1 rings (SSSR count). The molecule has 17 heavy (non-hydrogen) atoms. The van der Waals surface area contributed by atoms with Gasteiger partial charge in [-0.05, 0) is 18.2 Å². The number of ether oxygens (including phenoxy) is 1. The Bertz CT molecular complexity index is 409. The number of rotatable bonds is 4. The molecule has 1 atom stereocenters. The first-order chi connectivity index (χ1) is 7.84. The summed E-state index contributed by atoms with van der Waals surface area (Å²) < 4.78 is 41.4. The van der Waals surface area contributed by atoms with Gasteiger partial charge in [-0.2, -0.15) is 13.2 Å². The van der Waals surface area contributed by atoms with Gasteiger partial charge in [-0.1, -0.05) is 27.5 Å².